The number of hydrogen-bond donors (Lipinski definition) is 2. The number of nitrogens with one attached hydrogen (secondary N) is 1. The van der Waals surface area contributed by atoms with Crippen LogP contribution >= 0.6 is 0 Å². The van der Waals surface area contributed by atoms with Crippen LogP contribution in [0.3, 0.4) is 0 Å². The summed E-state index contributed by atoms with van der Waals surface area (Å²) in [5, 5.41) is 11.1. The smallest absolute Gasteiger partial charge is 0.251 e. The predicted octanol–water partition coefficient (Wildman–Crippen LogP) is 2.24. The molecule has 2 aromatic carbocycles. The van der Waals surface area contributed by atoms with Gasteiger partial charge in [0.25, 0.3) is 5.91 Å². The molecule has 0 aliphatic heterocycles. The Hall–Kier alpha value is -3.13. The zero-order chi connectivity index (χ0) is 16.7. The molecule has 2 rings (SSSR count). The lowest BCUT2D eigenvalue weighted by molar-refractivity contribution is -0.119. The highest BCUT2D eigenvalue weighted by Gasteiger charge is 2.18. The van der Waals surface area contributed by atoms with E-state index in [1.54, 1.807) is 12.1 Å². The van der Waals surface area contributed by atoms with E-state index in [9.17, 15) is 9.59 Å². The second-order valence-electron chi connectivity index (χ2n) is 5.07. The summed E-state index contributed by atoms with van der Waals surface area (Å²) in [4.78, 5) is 23.5. The molecule has 1 atom stereocenters. The second kappa shape index (κ2) is 7.76. The van der Waals surface area contributed by atoms with Crippen molar-refractivity contribution >= 4 is 11.8 Å². The van der Waals surface area contributed by atoms with Crippen LogP contribution in [0.1, 0.15) is 23.2 Å². The minimum Gasteiger partial charge on any atom is -0.368 e. The number of amides is 2. The molecule has 0 saturated heterocycles. The highest BCUT2D eigenvalue weighted by atomic mass is 16.2. The van der Waals surface area contributed by atoms with Crippen LogP contribution in [0, 0.1) is 11.3 Å². The number of hydrogen-bond acceptors (Lipinski definition) is 3. The standard InChI is InChI=1S/C18H17N3O2/c19-12-4-7-16(17(20)22)21-18(23)15-10-8-14(9-11-15)13-5-2-1-3-6-13/h1-3,5-6,8-11,16H,4,7H2,(H2,20,22)(H,21,23)/t16-/m1/s1. The van der Waals surface area contributed by atoms with Gasteiger partial charge in [0.05, 0.1) is 6.07 Å². The fraction of sp³-hybridized carbons (Fsp3) is 0.167. The fourth-order valence-corrected chi connectivity index (χ4v) is 2.18. The lowest BCUT2D eigenvalue weighted by Gasteiger charge is -2.14. The molecule has 0 radical (unpaired) electrons. The molecule has 2 amide bonds. The maximum Gasteiger partial charge on any atom is 0.251 e. The Morgan fingerprint density at radius 1 is 1.04 bits per heavy atom. The molecule has 23 heavy (non-hydrogen) atoms. The summed E-state index contributed by atoms with van der Waals surface area (Å²) in [6.45, 7) is 0. The van der Waals surface area contributed by atoms with Crippen LogP contribution in [0.4, 0.5) is 0 Å². The Morgan fingerprint density at radius 2 is 1.65 bits per heavy atom. The first-order chi connectivity index (χ1) is 11.1. The van der Waals surface area contributed by atoms with Gasteiger partial charge in [-0.2, -0.15) is 5.26 Å². The SMILES string of the molecule is N#CCC[C@@H](NC(=O)c1ccc(-c2ccccc2)cc1)C(N)=O. The number of benzene rings is 2. The number of carbonyl (C=O) groups is 2. The summed E-state index contributed by atoms with van der Waals surface area (Å²) < 4.78 is 0. The van der Waals surface area contributed by atoms with Crippen molar-refractivity contribution in [2.24, 2.45) is 5.73 Å². The average molecular weight is 307 g/mol. The van der Waals surface area contributed by atoms with Gasteiger partial charge >= 0.3 is 0 Å². The molecular weight excluding hydrogens is 290 g/mol. The molecule has 5 heteroatoms. The van der Waals surface area contributed by atoms with Gasteiger partial charge in [-0.15, -0.1) is 0 Å². The molecule has 0 unspecified atom stereocenters. The summed E-state index contributed by atoms with van der Waals surface area (Å²) >= 11 is 0. The zero-order valence-electron chi connectivity index (χ0n) is 12.5. The van der Waals surface area contributed by atoms with Crippen LogP contribution in [0.5, 0.6) is 0 Å². The van der Waals surface area contributed by atoms with Gasteiger partial charge in [0.1, 0.15) is 6.04 Å². The number of carbonyl (C=O) groups excluding carboxylic acids is 2. The topological polar surface area (TPSA) is 96.0 Å². The number of nitriles is 1. The van der Waals surface area contributed by atoms with Gasteiger partial charge in [-0.05, 0) is 29.7 Å². The summed E-state index contributed by atoms with van der Waals surface area (Å²) in [6, 6.07) is 18.0. The van der Waals surface area contributed by atoms with Crippen LogP contribution in [0.25, 0.3) is 11.1 Å². The molecule has 0 fully saturated rings. The largest absolute Gasteiger partial charge is 0.368 e. The third-order valence-electron chi connectivity index (χ3n) is 3.45. The van der Waals surface area contributed by atoms with Gasteiger partial charge in [-0.1, -0.05) is 42.5 Å². The van der Waals surface area contributed by atoms with Crippen LogP contribution < -0.4 is 11.1 Å². The minimum atomic E-state index is -0.837. The third-order valence-corrected chi connectivity index (χ3v) is 3.45. The Labute approximate surface area is 134 Å². The molecule has 0 bridgehead atoms. The van der Waals surface area contributed by atoms with Crippen LogP contribution in [0.2, 0.25) is 0 Å². The van der Waals surface area contributed by atoms with Gasteiger partial charge in [0.15, 0.2) is 0 Å². The van der Waals surface area contributed by atoms with E-state index < -0.39 is 11.9 Å². The quantitative estimate of drug-likeness (QED) is 0.856. The Kier molecular flexibility index (Phi) is 5.48. The van der Waals surface area contributed by atoms with Gasteiger partial charge in [0, 0.05) is 12.0 Å². The lowest BCUT2D eigenvalue weighted by atomic mass is 10.0. The summed E-state index contributed by atoms with van der Waals surface area (Å²) in [7, 11) is 0. The van der Waals surface area contributed by atoms with E-state index in [4.69, 9.17) is 11.0 Å². The van der Waals surface area contributed by atoms with Crippen LogP contribution in [-0.2, 0) is 4.79 Å². The second-order valence-corrected chi connectivity index (χ2v) is 5.07. The highest BCUT2D eigenvalue weighted by Crippen LogP contribution is 2.19. The number of primary amides is 1. The molecule has 0 aliphatic carbocycles. The lowest BCUT2D eigenvalue weighted by Crippen LogP contribution is -2.44. The molecule has 0 heterocycles. The Bertz CT molecular complexity index is 718. The van der Waals surface area contributed by atoms with E-state index in [-0.39, 0.29) is 18.7 Å². The summed E-state index contributed by atoms with van der Waals surface area (Å²) in [5.41, 5.74) is 7.74. The number of nitrogens with zero attached hydrogens (tertiary/aromatic N) is 1. The van der Waals surface area contributed by atoms with Crippen molar-refractivity contribution in [3.8, 4) is 17.2 Å². The normalized spacial score (nSPS) is 11.3. The highest BCUT2D eigenvalue weighted by molar-refractivity contribution is 5.97. The van der Waals surface area contributed by atoms with Gasteiger partial charge < -0.3 is 11.1 Å². The van der Waals surface area contributed by atoms with E-state index in [2.05, 4.69) is 5.32 Å². The van der Waals surface area contributed by atoms with Crippen LogP contribution in [-0.4, -0.2) is 17.9 Å². The van der Waals surface area contributed by atoms with Gasteiger partial charge in [-0.3, -0.25) is 9.59 Å². The molecule has 116 valence electrons. The maximum atomic E-state index is 12.2. The number of rotatable bonds is 6. The first-order valence-corrected chi connectivity index (χ1v) is 7.24. The zero-order valence-corrected chi connectivity index (χ0v) is 12.5. The Morgan fingerprint density at radius 3 is 2.22 bits per heavy atom. The summed E-state index contributed by atoms with van der Waals surface area (Å²) in [6.07, 6.45) is 0.362. The number of nitrogens with two attached hydrogens (primary N) is 1. The maximum absolute atomic E-state index is 12.2. The van der Waals surface area contributed by atoms with E-state index in [0.29, 0.717) is 5.56 Å². The molecule has 0 spiro atoms. The molecule has 5 nitrogen and oxygen atoms in total. The molecule has 3 N–H and O–H groups in total. The molecule has 0 saturated carbocycles. The fourth-order valence-electron chi connectivity index (χ4n) is 2.18. The van der Waals surface area contributed by atoms with Crippen molar-refractivity contribution in [2.75, 3.05) is 0 Å². The van der Waals surface area contributed by atoms with E-state index in [1.807, 2.05) is 48.5 Å². The van der Waals surface area contributed by atoms with Crippen molar-refractivity contribution in [3.05, 3.63) is 60.2 Å². The van der Waals surface area contributed by atoms with Crippen molar-refractivity contribution in [3.63, 3.8) is 0 Å². The van der Waals surface area contributed by atoms with Gasteiger partial charge in [-0.25, -0.2) is 0 Å². The minimum absolute atomic E-state index is 0.154. The van der Waals surface area contributed by atoms with Crippen molar-refractivity contribution in [1.82, 2.24) is 5.32 Å². The first kappa shape index (κ1) is 16.2. The van der Waals surface area contributed by atoms with Crippen LogP contribution in [0.15, 0.2) is 54.6 Å². The monoisotopic (exact) mass is 307 g/mol. The van der Waals surface area contributed by atoms with Crippen molar-refractivity contribution < 1.29 is 9.59 Å². The summed E-state index contributed by atoms with van der Waals surface area (Å²) in [5.74, 6) is -1.03. The third kappa shape index (κ3) is 4.42. The molecule has 0 aromatic heterocycles. The first-order valence-electron chi connectivity index (χ1n) is 7.24. The van der Waals surface area contributed by atoms with E-state index in [0.717, 1.165) is 11.1 Å². The van der Waals surface area contributed by atoms with Crippen molar-refractivity contribution in [1.29, 1.82) is 5.26 Å². The predicted molar refractivity (Wildman–Crippen MR) is 87.2 cm³/mol. The van der Waals surface area contributed by atoms with E-state index in [1.165, 1.54) is 0 Å². The molecular formula is C18H17N3O2. The van der Waals surface area contributed by atoms with Gasteiger partial charge in [0.2, 0.25) is 5.91 Å². The molecule has 0 aliphatic rings. The van der Waals surface area contributed by atoms with E-state index >= 15 is 0 Å². The average Bonchev–Trinajstić information content (AvgIpc) is 2.59. The Balaban J connectivity index is 2.08. The molecule has 2 aromatic rings. The van der Waals surface area contributed by atoms with Crippen molar-refractivity contribution in [2.45, 2.75) is 18.9 Å².